The van der Waals surface area contributed by atoms with Crippen molar-refractivity contribution in [2.24, 2.45) is 0 Å². The number of carbonyl (C=O) groups excluding carboxylic acids is 1. The molecule has 0 saturated heterocycles. The summed E-state index contributed by atoms with van der Waals surface area (Å²) in [6, 6.07) is 12.3. The molecule has 24 heavy (non-hydrogen) atoms. The number of hydrogen-bond acceptors (Lipinski definition) is 2. The highest BCUT2D eigenvalue weighted by Crippen LogP contribution is 2.08. The van der Waals surface area contributed by atoms with Crippen molar-refractivity contribution in [2.75, 3.05) is 0 Å². The average molecular weight is 349 g/mol. The predicted molar refractivity (Wildman–Crippen MR) is 91.8 cm³/mol. The highest BCUT2D eigenvalue weighted by molar-refractivity contribution is 7.80. The summed E-state index contributed by atoms with van der Waals surface area (Å²) in [5, 5.41) is 3.11. The van der Waals surface area contributed by atoms with E-state index < -0.39 is 0 Å². The van der Waals surface area contributed by atoms with Gasteiger partial charge in [0.05, 0.1) is 0 Å². The third-order valence-electron chi connectivity index (χ3n) is 3.26. The smallest absolute Gasteiger partial charge is 0.238 e. The van der Waals surface area contributed by atoms with E-state index in [1.54, 1.807) is 30.3 Å². The number of halogens is 2. The number of hydrazine groups is 1. The van der Waals surface area contributed by atoms with E-state index in [9.17, 15) is 13.6 Å². The zero-order valence-corrected chi connectivity index (χ0v) is 13.6. The molecule has 2 aromatic carbocycles. The van der Waals surface area contributed by atoms with Crippen LogP contribution >= 0.6 is 12.2 Å². The number of rotatable bonds is 5. The van der Waals surface area contributed by atoms with Crippen molar-refractivity contribution >= 4 is 23.2 Å². The Labute approximate surface area is 144 Å². The topological polar surface area (TPSA) is 53.2 Å². The Bertz CT molecular complexity index is 707. The van der Waals surface area contributed by atoms with Crippen LogP contribution in [0.2, 0.25) is 0 Å². The molecule has 0 aliphatic rings. The summed E-state index contributed by atoms with van der Waals surface area (Å²) in [6.07, 6.45) is 0.435. The number of aryl methyl sites for hydroxylation is 1. The second-order valence-corrected chi connectivity index (χ2v) is 5.48. The molecule has 0 atom stereocenters. The molecule has 0 aliphatic heterocycles. The van der Waals surface area contributed by atoms with Gasteiger partial charge in [-0.25, -0.2) is 8.78 Å². The van der Waals surface area contributed by atoms with Crippen molar-refractivity contribution < 1.29 is 13.6 Å². The maximum absolute atomic E-state index is 13.4. The minimum atomic E-state index is -0.324. The van der Waals surface area contributed by atoms with Gasteiger partial charge in [0, 0.05) is 13.0 Å². The van der Waals surface area contributed by atoms with Crippen LogP contribution < -0.4 is 16.2 Å². The van der Waals surface area contributed by atoms with Crippen LogP contribution in [0, 0.1) is 11.6 Å². The lowest BCUT2D eigenvalue weighted by Gasteiger charge is -2.11. The van der Waals surface area contributed by atoms with Crippen molar-refractivity contribution in [3.05, 3.63) is 71.3 Å². The number of thiocarbonyl (C=S) groups is 1. The Morgan fingerprint density at radius 3 is 2.42 bits per heavy atom. The first-order valence-corrected chi connectivity index (χ1v) is 7.76. The van der Waals surface area contributed by atoms with Gasteiger partial charge in [-0.2, -0.15) is 0 Å². The van der Waals surface area contributed by atoms with E-state index in [1.165, 1.54) is 18.2 Å². The van der Waals surface area contributed by atoms with Gasteiger partial charge in [-0.15, -0.1) is 0 Å². The van der Waals surface area contributed by atoms with Gasteiger partial charge < -0.3 is 5.32 Å². The summed E-state index contributed by atoms with van der Waals surface area (Å²) < 4.78 is 26.2. The van der Waals surface area contributed by atoms with Crippen LogP contribution in [-0.4, -0.2) is 11.0 Å². The van der Waals surface area contributed by atoms with E-state index in [-0.39, 0.29) is 29.1 Å². The van der Waals surface area contributed by atoms with Crippen molar-refractivity contribution in [2.45, 2.75) is 19.4 Å². The zero-order valence-electron chi connectivity index (χ0n) is 12.8. The summed E-state index contributed by atoms with van der Waals surface area (Å²) in [5.41, 5.74) is 6.35. The van der Waals surface area contributed by atoms with Crippen LogP contribution in [0.3, 0.4) is 0 Å². The summed E-state index contributed by atoms with van der Waals surface area (Å²) in [4.78, 5) is 11.7. The molecule has 0 aromatic heterocycles. The average Bonchev–Trinajstić information content (AvgIpc) is 2.58. The Hall–Kier alpha value is -2.54. The van der Waals surface area contributed by atoms with E-state index >= 15 is 0 Å². The number of hydrogen-bond donors (Lipinski definition) is 3. The Balaban J connectivity index is 1.66. The molecule has 126 valence electrons. The predicted octanol–water partition coefficient (Wildman–Crippen LogP) is 2.59. The molecule has 0 bridgehead atoms. The maximum Gasteiger partial charge on any atom is 0.238 e. The molecule has 1 amide bonds. The molecule has 2 rings (SSSR count). The van der Waals surface area contributed by atoms with Gasteiger partial charge in [0.15, 0.2) is 5.11 Å². The first kappa shape index (κ1) is 17.8. The minimum Gasteiger partial charge on any atom is -0.357 e. The van der Waals surface area contributed by atoms with E-state index in [2.05, 4.69) is 16.2 Å². The molecule has 4 nitrogen and oxygen atoms in total. The van der Waals surface area contributed by atoms with Crippen molar-refractivity contribution in [1.29, 1.82) is 0 Å². The lowest BCUT2D eigenvalue weighted by atomic mass is 10.1. The molecule has 0 fully saturated rings. The highest BCUT2D eigenvalue weighted by Gasteiger charge is 2.06. The molecule has 0 aliphatic carbocycles. The highest BCUT2D eigenvalue weighted by atomic mass is 32.1. The van der Waals surface area contributed by atoms with E-state index in [0.29, 0.717) is 18.5 Å². The largest absolute Gasteiger partial charge is 0.357 e. The lowest BCUT2D eigenvalue weighted by molar-refractivity contribution is -0.121. The Morgan fingerprint density at radius 1 is 1.00 bits per heavy atom. The standard InChI is InChI=1S/C17H17F2N3OS/c18-14-8-5-12(6-9-14)11-20-17(24)22-21-16(23)10-7-13-3-1-2-4-15(13)19/h1-6,8-9H,7,10-11H2,(H,21,23)(H2,20,22,24). The summed E-state index contributed by atoms with van der Waals surface area (Å²) in [6.45, 7) is 0.400. The first-order valence-electron chi connectivity index (χ1n) is 7.35. The van der Waals surface area contributed by atoms with E-state index in [4.69, 9.17) is 12.2 Å². The lowest BCUT2D eigenvalue weighted by Crippen LogP contribution is -2.46. The molecule has 0 unspecified atom stereocenters. The van der Waals surface area contributed by atoms with Gasteiger partial charge in [-0.1, -0.05) is 30.3 Å². The molecule has 3 N–H and O–H groups in total. The van der Waals surface area contributed by atoms with Crippen LogP contribution in [-0.2, 0) is 17.8 Å². The minimum absolute atomic E-state index is 0.133. The van der Waals surface area contributed by atoms with Gasteiger partial charge in [-0.3, -0.25) is 15.6 Å². The van der Waals surface area contributed by atoms with Crippen LogP contribution in [0.1, 0.15) is 17.5 Å². The molecule has 0 spiro atoms. The quantitative estimate of drug-likeness (QED) is 0.574. The van der Waals surface area contributed by atoms with E-state index in [1.807, 2.05) is 0 Å². The molecular weight excluding hydrogens is 332 g/mol. The summed E-state index contributed by atoms with van der Waals surface area (Å²) >= 11 is 5.02. The fraction of sp³-hybridized carbons (Fsp3) is 0.176. The Kier molecular flexibility index (Phi) is 6.62. The maximum atomic E-state index is 13.4. The van der Waals surface area contributed by atoms with Gasteiger partial charge in [0.1, 0.15) is 11.6 Å². The molecule has 0 saturated carbocycles. The third-order valence-corrected chi connectivity index (χ3v) is 3.51. The van der Waals surface area contributed by atoms with Gasteiger partial charge in [0.25, 0.3) is 0 Å². The van der Waals surface area contributed by atoms with Gasteiger partial charge >= 0.3 is 0 Å². The fourth-order valence-corrected chi connectivity index (χ4v) is 2.09. The van der Waals surface area contributed by atoms with Crippen molar-refractivity contribution in [1.82, 2.24) is 16.2 Å². The molecule has 0 heterocycles. The SMILES string of the molecule is O=C(CCc1ccccc1F)NNC(=S)NCc1ccc(F)cc1. The molecular formula is C17H17F2N3OS. The number of benzene rings is 2. The number of carbonyl (C=O) groups is 1. The first-order chi connectivity index (χ1) is 11.5. The van der Waals surface area contributed by atoms with Crippen LogP contribution in [0.15, 0.2) is 48.5 Å². The summed E-state index contributed by atoms with van der Waals surface area (Å²) in [7, 11) is 0. The Morgan fingerprint density at radius 2 is 1.71 bits per heavy atom. The molecule has 7 heteroatoms. The third kappa shape index (κ3) is 5.92. The zero-order chi connectivity index (χ0) is 17.4. The summed E-state index contributed by atoms with van der Waals surface area (Å²) in [5.74, 6) is -0.930. The monoisotopic (exact) mass is 349 g/mol. The molecule has 0 radical (unpaired) electrons. The van der Waals surface area contributed by atoms with Crippen LogP contribution in [0.5, 0.6) is 0 Å². The second kappa shape index (κ2) is 8.93. The van der Waals surface area contributed by atoms with Crippen molar-refractivity contribution in [3.8, 4) is 0 Å². The second-order valence-electron chi connectivity index (χ2n) is 5.07. The van der Waals surface area contributed by atoms with E-state index in [0.717, 1.165) is 5.56 Å². The van der Waals surface area contributed by atoms with Crippen LogP contribution in [0.4, 0.5) is 8.78 Å². The number of nitrogens with one attached hydrogen (secondary N) is 3. The van der Waals surface area contributed by atoms with Gasteiger partial charge in [0.2, 0.25) is 5.91 Å². The van der Waals surface area contributed by atoms with Crippen LogP contribution in [0.25, 0.3) is 0 Å². The molecule has 2 aromatic rings. The van der Waals surface area contributed by atoms with Crippen molar-refractivity contribution in [3.63, 3.8) is 0 Å². The van der Waals surface area contributed by atoms with Gasteiger partial charge in [-0.05, 0) is 48.0 Å². The normalized spacial score (nSPS) is 10.1. The fourth-order valence-electron chi connectivity index (χ4n) is 1.97. The number of amides is 1.